The van der Waals surface area contributed by atoms with Gasteiger partial charge in [0.15, 0.2) is 11.4 Å². The molecule has 0 radical (unpaired) electrons. The summed E-state index contributed by atoms with van der Waals surface area (Å²) in [7, 11) is 0. The first-order chi connectivity index (χ1) is 5.54. The van der Waals surface area contributed by atoms with Crippen molar-refractivity contribution in [2.75, 3.05) is 0 Å². The van der Waals surface area contributed by atoms with Gasteiger partial charge in [-0.2, -0.15) is 0 Å². The van der Waals surface area contributed by atoms with Gasteiger partial charge in [0, 0.05) is 6.20 Å². The minimum absolute atomic E-state index is 0.0131. The van der Waals surface area contributed by atoms with Gasteiger partial charge in [0.1, 0.15) is 5.02 Å². The fourth-order valence-corrected chi connectivity index (χ4v) is 0.889. The molecule has 0 saturated carbocycles. The number of carbonyl (C=O) groups is 1. The van der Waals surface area contributed by atoms with Crippen LogP contribution in [0.15, 0.2) is 6.20 Å². The third kappa shape index (κ3) is 1.44. The highest BCUT2D eigenvalue weighted by Gasteiger charge is 2.16. The summed E-state index contributed by atoms with van der Waals surface area (Å²) in [4.78, 5) is 13.7. The monoisotopic (exact) mass is 207 g/mol. The van der Waals surface area contributed by atoms with Crippen LogP contribution in [-0.4, -0.2) is 21.2 Å². The molecule has 1 aromatic rings. The molecule has 0 aromatic carbocycles. The van der Waals surface area contributed by atoms with Gasteiger partial charge in [-0.05, 0) is 0 Å². The van der Waals surface area contributed by atoms with Crippen molar-refractivity contribution >= 4 is 29.2 Å². The summed E-state index contributed by atoms with van der Waals surface area (Å²) in [6, 6.07) is 0. The number of aromatic carboxylic acids is 1. The molecule has 0 bridgehead atoms. The molecule has 0 saturated heterocycles. The van der Waals surface area contributed by atoms with E-state index in [9.17, 15) is 4.79 Å². The van der Waals surface area contributed by atoms with E-state index in [0.717, 1.165) is 6.20 Å². The summed E-state index contributed by atoms with van der Waals surface area (Å²) >= 11 is 10.9. The SMILES string of the molecule is O=C(O)c1ncc(Cl)c(Cl)c1O. The summed E-state index contributed by atoms with van der Waals surface area (Å²) in [6.07, 6.45) is 1.06. The first kappa shape index (κ1) is 9.09. The molecule has 64 valence electrons. The molecule has 1 aromatic heterocycles. The molecule has 0 aliphatic heterocycles. The summed E-state index contributed by atoms with van der Waals surface area (Å²) in [5, 5.41) is 17.4. The molecule has 2 N–H and O–H groups in total. The maximum absolute atomic E-state index is 10.4. The lowest BCUT2D eigenvalue weighted by molar-refractivity contribution is 0.0687. The Labute approximate surface area is 77.4 Å². The smallest absolute Gasteiger partial charge is 0.358 e. The predicted octanol–water partition coefficient (Wildman–Crippen LogP) is 1.79. The molecular formula is C6H3Cl2NO3. The average Bonchev–Trinajstić information content (AvgIpc) is 2.00. The molecule has 0 aliphatic rings. The van der Waals surface area contributed by atoms with Crippen LogP contribution >= 0.6 is 23.2 Å². The number of halogens is 2. The molecule has 0 amide bonds. The van der Waals surface area contributed by atoms with E-state index < -0.39 is 17.4 Å². The number of hydrogen-bond donors (Lipinski definition) is 2. The molecule has 12 heavy (non-hydrogen) atoms. The fraction of sp³-hybridized carbons (Fsp3) is 0. The number of pyridine rings is 1. The van der Waals surface area contributed by atoms with Crippen LogP contribution in [0, 0.1) is 0 Å². The molecule has 0 spiro atoms. The molecule has 6 heteroatoms. The topological polar surface area (TPSA) is 70.4 Å². The Morgan fingerprint density at radius 3 is 2.58 bits per heavy atom. The lowest BCUT2D eigenvalue weighted by Crippen LogP contribution is -2.00. The molecule has 0 aliphatic carbocycles. The number of carboxylic acids is 1. The second kappa shape index (κ2) is 3.16. The number of carboxylic acid groups (broad SMARTS) is 1. The van der Waals surface area contributed by atoms with Crippen molar-refractivity contribution in [1.82, 2.24) is 4.98 Å². The Kier molecular flexibility index (Phi) is 2.40. The second-order valence-corrected chi connectivity index (χ2v) is 2.71. The highest BCUT2D eigenvalue weighted by Crippen LogP contribution is 2.32. The minimum atomic E-state index is -1.36. The van der Waals surface area contributed by atoms with Crippen LogP contribution in [0.5, 0.6) is 5.75 Å². The second-order valence-electron chi connectivity index (χ2n) is 1.92. The van der Waals surface area contributed by atoms with Crippen LogP contribution in [0.3, 0.4) is 0 Å². The van der Waals surface area contributed by atoms with Crippen LogP contribution in [0.2, 0.25) is 10.0 Å². The Hall–Kier alpha value is -1.00. The van der Waals surface area contributed by atoms with Crippen molar-refractivity contribution in [3.05, 3.63) is 21.9 Å². The predicted molar refractivity (Wildman–Crippen MR) is 42.9 cm³/mol. The van der Waals surface area contributed by atoms with Crippen molar-refractivity contribution in [3.8, 4) is 5.75 Å². The summed E-state index contributed by atoms with van der Waals surface area (Å²) in [6.45, 7) is 0. The van der Waals surface area contributed by atoms with E-state index >= 15 is 0 Å². The van der Waals surface area contributed by atoms with Gasteiger partial charge in [0.25, 0.3) is 0 Å². The van der Waals surface area contributed by atoms with Crippen molar-refractivity contribution in [2.24, 2.45) is 0 Å². The maximum atomic E-state index is 10.4. The van der Waals surface area contributed by atoms with Crippen LogP contribution in [0.25, 0.3) is 0 Å². The standard InChI is InChI=1S/C6H3Cl2NO3/c7-2-1-9-4(6(11)12)5(10)3(2)8/h1,10H,(H,11,12). The number of nitrogens with zero attached hydrogens (tertiary/aromatic N) is 1. The number of aromatic hydroxyl groups is 1. The van der Waals surface area contributed by atoms with E-state index in [4.69, 9.17) is 33.4 Å². The highest BCUT2D eigenvalue weighted by molar-refractivity contribution is 6.43. The van der Waals surface area contributed by atoms with Gasteiger partial charge in [0.2, 0.25) is 0 Å². The number of aromatic nitrogens is 1. The van der Waals surface area contributed by atoms with Gasteiger partial charge in [0.05, 0.1) is 5.02 Å². The van der Waals surface area contributed by atoms with Gasteiger partial charge in [-0.25, -0.2) is 9.78 Å². The summed E-state index contributed by atoms with van der Waals surface area (Å²) < 4.78 is 0. The Morgan fingerprint density at radius 1 is 1.50 bits per heavy atom. The molecule has 0 unspecified atom stereocenters. The van der Waals surface area contributed by atoms with Gasteiger partial charge in [-0.1, -0.05) is 23.2 Å². The quantitative estimate of drug-likeness (QED) is 0.737. The highest BCUT2D eigenvalue weighted by atomic mass is 35.5. The Bertz CT molecular complexity index is 340. The van der Waals surface area contributed by atoms with Crippen LogP contribution in [0.1, 0.15) is 10.5 Å². The van der Waals surface area contributed by atoms with E-state index in [2.05, 4.69) is 4.98 Å². The first-order valence-electron chi connectivity index (χ1n) is 2.80. The third-order valence-corrected chi connectivity index (χ3v) is 1.92. The van der Waals surface area contributed by atoms with Crippen molar-refractivity contribution in [1.29, 1.82) is 0 Å². The zero-order valence-electron chi connectivity index (χ0n) is 5.58. The third-order valence-electron chi connectivity index (χ3n) is 1.15. The van der Waals surface area contributed by atoms with E-state index in [1.54, 1.807) is 0 Å². The van der Waals surface area contributed by atoms with Crippen molar-refractivity contribution in [3.63, 3.8) is 0 Å². The average molecular weight is 208 g/mol. The normalized spacial score (nSPS) is 9.83. The summed E-state index contributed by atoms with van der Waals surface area (Å²) in [5.74, 6) is -1.97. The van der Waals surface area contributed by atoms with Crippen LogP contribution in [0.4, 0.5) is 0 Å². The van der Waals surface area contributed by atoms with Crippen molar-refractivity contribution < 1.29 is 15.0 Å². The van der Waals surface area contributed by atoms with Gasteiger partial charge in [-0.3, -0.25) is 0 Å². The minimum Gasteiger partial charge on any atom is -0.504 e. The van der Waals surface area contributed by atoms with E-state index in [1.165, 1.54) is 0 Å². The molecule has 0 fully saturated rings. The molecule has 0 atom stereocenters. The zero-order chi connectivity index (χ0) is 9.30. The Morgan fingerprint density at radius 2 is 2.08 bits per heavy atom. The largest absolute Gasteiger partial charge is 0.504 e. The Balaban J connectivity index is 3.36. The van der Waals surface area contributed by atoms with Crippen molar-refractivity contribution in [2.45, 2.75) is 0 Å². The lowest BCUT2D eigenvalue weighted by Gasteiger charge is -2.00. The lowest BCUT2D eigenvalue weighted by atomic mass is 10.3. The maximum Gasteiger partial charge on any atom is 0.358 e. The van der Waals surface area contributed by atoms with E-state index in [0.29, 0.717) is 0 Å². The number of rotatable bonds is 1. The van der Waals surface area contributed by atoms with Crippen LogP contribution in [-0.2, 0) is 0 Å². The molecule has 1 heterocycles. The van der Waals surface area contributed by atoms with Crippen LogP contribution < -0.4 is 0 Å². The van der Waals surface area contributed by atoms with E-state index in [1.807, 2.05) is 0 Å². The van der Waals surface area contributed by atoms with Gasteiger partial charge in [-0.15, -0.1) is 0 Å². The van der Waals surface area contributed by atoms with Gasteiger partial charge >= 0.3 is 5.97 Å². The van der Waals surface area contributed by atoms with E-state index in [-0.39, 0.29) is 10.0 Å². The molecular weight excluding hydrogens is 205 g/mol. The molecule has 1 rings (SSSR count). The zero-order valence-corrected chi connectivity index (χ0v) is 7.10. The van der Waals surface area contributed by atoms with Gasteiger partial charge < -0.3 is 10.2 Å². The molecule has 4 nitrogen and oxygen atoms in total. The summed E-state index contributed by atoms with van der Waals surface area (Å²) in [5.41, 5.74) is -0.510. The fourth-order valence-electron chi connectivity index (χ4n) is 0.613. The number of hydrogen-bond acceptors (Lipinski definition) is 3. The first-order valence-corrected chi connectivity index (χ1v) is 3.56.